The van der Waals surface area contributed by atoms with Crippen molar-refractivity contribution < 1.29 is 4.42 Å². The van der Waals surface area contributed by atoms with E-state index in [-0.39, 0.29) is 0 Å². The number of fused-ring (bicyclic) bond motifs is 6. The summed E-state index contributed by atoms with van der Waals surface area (Å²) in [7, 11) is 0. The molecule has 0 spiro atoms. The molecule has 0 bridgehead atoms. The second-order valence-corrected chi connectivity index (χ2v) is 10.9. The number of hydrogen-bond donors (Lipinski definition) is 0. The van der Waals surface area contributed by atoms with E-state index in [9.17, 15) is 0 Å². The van der Waals surface area contributed by atoms with Crippen LogP contribution in [0.4, 0.5) is 0 Å². The van der Waals surface area contributed by atoms with Gasteiger partial charge in [-0.15, -0.1) is 0 Å². The number of para-hydroxylation sites is 3. The normalized spacial score (nSPS) is 11.6. The molecule has 0 fully saturated rings. The maximum atomic E-state index is 6.22. The highest BCUT2D eigenvalue weighted by atomic mass is 16.3. The molecule has 0 saturated heterocycles. The predicted octanol–water partition coefficient (Wildman–Crippen LogP) is 9.87. The van der Waals surface area contributed by atoms with Crippen molar-refractivity contribution >= 4 is 43.7 Å². The van der Waals surface area contributed by atoms with Gasteiger partial charge in [0.1, 0.15) is 11.2 Å². The lowest BCUT2D eigenvalue weighted by molar-refractivity contribution is 0.669. The molecule has 0 N–H and O–H groups in total. The highest BCUT2D eigenvalue weighted by Gasteiger charge is 2.20. The molecule has 0 aliphatic carbocycles. The van der Waals surface area contributed by atoms with Gasteiger partial charge in [0.2, 0.25) is 0 Å². The molecule has 5 nitrogen and oxygen atoms in total. The van der Waals surface area contributed by atoms with Crippen LogP contribution in [0, 0.1) is 0 Å². The van der Waals surface area contributed by atoms with Crippen molar-refractivity contribution in [3.8, 4) is 39.9 Å². The van der Waals surface area contributed by atoms with Crippen molar-refractivity contribution in [3.63, 3.8) is 0 Å². The Bertz CT molecular complexity index is 2490. The molecule has 0 radical (unpaired) electrons. The topological polar surface area (TPSA) is 56.7 Å². The molecule has 0 saturated carbocycles. The molecule has 3 aromatic heterocycles. The largest absolute Gasteiger partial charge is 0.456 e. The lowest BCUT2D eigenvalue weighted by Gasteiger charge is -2.10. The quantitative estimate of drug-likeness (QED) is 0.213. The van der Waals surface area contributed by atoms with E-state index < -0.39 is 0 Å². The van der Waals surface area contributed by atoms with Crippen molar-refractivity contribution in [2.45, 2.75) is 0 Å². The first-order valence-corrected chi connectivity index (χ1v) is 14.6. The summed E-state index contributed by atoms with van der Waals surface area (Å²) in [5, 5.41) is 4.42. The Morgan fingerprint density at radius 3 is 1.91 bits per heavy atom. The first kappa shape index (κ1) is 24.5. The van der Waals surface area contributed by atoms with E-state index in [0.29, 0.717) is 17.5 Å². The summed E-state index contributed by atoms with van der Waals surface area (Å²) in [6.45, 7) is 0. The Balaban J connectivity index is 1.31. The van der Waals surface area contributed by atoms with Crippen LogP contribution in [0.25, 0.3) is 83.6 Å². The molecule has 0 aliphatic rings. The molecule has 9 rings (SSSR count). The van der Waals surface area contributed by atoms with Crippen LogP contribution in [0.1, 0.15) is 0 Å². The van der Waals surface area contributed by atoms with Gasteiger partial charge >= 0.3 is 0 Å². The average molecular weight is 565 g/mol. The minimum absolute atomic E-state index is 0.597. The number of rotatable bonds is 4. The SMILES string of the molecule is c1ccc(-c2nc(-c3ccc4c(c3)oc3ccccc34)nc(-c3cccc4c3c3ccccc3n4-c3ccccc3)n2)cc1. The van der Waals surface area contributed by atoms with Gasteiger partial charge in [0.05, 0.1) is 11.0 Å². The van der Waals surface area contributed by atoms with Crippen molar-refractivity contribution in [2.75, 3.05) is 0 Å². The fourth-order valence-electron chi connectivity index (χ4n) is 6.27. The van der Waals surface area contributed by atoms with Crippen LogP contribution in [0.2, 0.25) is 0 Å². The maximum absolute atomic E-state index is 6.22. The molecule has 5 heteroatoms. The summed E-state index contributed by atoms with van der Waals surface area (Å²) in [5.41, 5.74) is 7.77. The second kappa shape index (κ2) is 9.75. The number of furan rings is 1. The number of nitrogens with zero attached hydrogens (tertiary/aromatic N) is 4. The molecule has 0 amide bonds. The minimum Gasteiger partial charge on any atom is -0.456 e. The second-order valence-electron chi connectivity index (χ2n) is 10.9. The summed E-state index contributed by atoms with van der Waals surface area (Å²) in [4.78, 5) is 15.2. The molecule has 0 atom stereocenters. The van der Waals surface area contributed by atoms with Gasteiger partial charge in [0.25, 0.3) is 0 Å². The zero-order chi connectivity index (χ0) is 29.0. The third kappa shape index (κ3) is 3.83. The number of hydrogen-bond acceptors (Lipinski definition) is 4. The van der Waals surface area contributed by atoms with Gasteiger partial charge in [-0.2, -0.15) is 0 Å². The molecule has 0 aliphatic heterocycles. The molecular formula is C39H24N4O. The first-order chi connectivity index (χ1) is 21.8. The zero-order valence-electron chi connectivity index (χ0n) is 23.6. The molecule has 9 aromatic rings. The highest BCUT2D eigenvalue weighted by molar-refractivity contribution is 6.15. The summed E-state index contributed by atoms with van der Waals surface area (Å²) < 4.78 is 8.53. The summed E-state index contributed by atoms with van der Waals surface area (Å²) >= 11 is 0. The molecular weight excluding hydrogens is 540 g/mol. The summed E-state index contributed by atoms with van der Waals surface area (Å²) in [6, 6.07) is 49.7. The third-order valence-corrected chi connectivity index (χ3v) is 8.26. The molecule has 0 unspecified atom stereocenters. The fourth-order valence-corrected chi connectivity index (χ4v) is 6.27. The smallest absolute Gasteiger partial charge is 0.164 e. The van der Waals surface area contributed by atoms with E-state index in [1.807, 2.05) is 60.7 Å². The lowest BCUT2D eigenvalue weighted by Crippen LogP contribution is -2.00. The fraction of sp³-hybridized carbons (Fsp3) is 0. The lowest BCUT2D eigenvalue weighted by atomic mass is 10.1. The summed E-state index contributed by atoms with van der Waals surface area (Å²) in [6.07, 6.45) is 0. The Morgan fingerprint density at radius 1 is 0.432 bits per heavy atom. The zero-order valence-corrected chi connectivity index (χ0v) is 23.6. The van der Waals surface area contributed by atoms with Gasteiger partial charge in [0, 0.05) is 43.9 Å². The standard InChI is InChI=1S/C39H24N4O/c1-3-12-25(13-4-1)37-40-38(26-22-23-29-28-16-8-10-21-34(28)44-35(29)24-26)42-39(41-37)31-18-11-20-33-36(31)30-17-7-9-19-32(30)43(33)27-14-5-2-6-15-27/h1-24H. The Morgan fingerprint density at radius 2 is 1.07 bits per heavy atom. The van der Waals surface area contributed by atoms with Crippen molar-refractivity contribution in [1.29, 1.82) is 0 Å². The van der Waals surface area contributed by atoms with Crippen LogP contribution < -0.4 is 0 Å². The average Bonchev–Trinajstić information content (AvgIpc) is 3.64. The number of aromatic nitrogens is 4. The van der Waals surface area contributed by atoms with Crippen LogP contribution in [0.15, 0.2) is 150 Å². The van der Waals surface area contributed by atoms with Gasteiger partial charge in [-0.25, -0.2) is 15.0 Å². The van der Waals surface area contributed by atoms with E-state index in [1.54, 1.807) is 0 Å². The molecule has 6 aromatic carbocycles. The van der Waals surface area contributed by atoms with Crippen LogP contribution >= 0.6 is 0 Å². The van der Waals surface area contributed by atoms with Crippen LogP contribution in [-0.2, 0) is 0 Å². The molecule has 44 heavy (non-hydrogen) atoms. The van der Waals surface area contributed by atoms with Crippen molar-refractivity contribution in [3.05, 3.63) is 146 Å². The van der Waals surface area contributed by atoms with Gasteiger partial charge in [-0.1, -0.05) is 103 Å². The van der Waals surface area contributed by atoms with Crippen molar-refractivity contribution in [2.24, 2.45) is 0 Å². The number of benzene rings is 6. The van der Waals surface area contributed by atoms with E-state index in [0.717, 1.165) is 66.1 Å². The Hall–Kier alpha value is -6.07. The van der Waals surface area contributed by atoms with E-state index in [4.69, 9.17) is 19.4 Å². The van der Waals surface area contributed by atoms with Crippen LogP contribution in [-0.4, -0.2) is 19.5 Å². The summed E-state index contributed by atoms with van der Waals surface area (Å²) in [5.74, 6) is 1.85. The Kier molecular flexibility index (Phi) is 5.43. The Labute approximate surface area is 252 Å². The van der Waals surface area contributed by atoms with Crippen molar-refractivity contribution in [1.82, 2.24) is 19.5 Å². The van der Waals surface area contributed by atoms with E-state index >= 15 is 0 Å². The van der Waals surface area contributed by atoms with Gasteiger partial charge in [-0.05, 0) is 42.5 Å². The monoisotopic (exact) mass is 564 g/mol. The first-order valence-electron chi connectivity index (χ1n) is 14.6. The maximum Gasteiger partial charge on any atom is 0.164 e. The minimum atomic E-state index is 0.597. The predicted molar refractivity (Wildman–Crippen MR) is 178 cm³/mol. The van der Waals surface area contributed by atoms with Gasteiger partial charge in [0.15, 0.2) is 17.5 Å². The van der Waals surface area contributed by atoms with Gasteiger partial charge < -0.3 is 8.98 Å². The molecule has 3 heterocycles. The van der Waals surface area contributed by atoms with E-state index in [2.05, 4.69) is 89.5 Å². The third-order valence-electron chi connectivity index (χ3n) is 8.26. The van der Waals surface area contributed by atoms with E-state index in [1.165, 1.54) is 0 Å². The van der Waals surface area contributed by atoms with Crippen LogP contribution in [0.5, 0.6) is 0 Å². The molecule has 206 valence electrons. The van der Waals surface area contributed by atoms with Gasteiger partial charge in [-0.3, -0.25) is 0 Å². The van der Waals surface area contributed by atoms with Crippen LogP contribution in [0.3, 0.4) is 0 Å². The highest BCUT2D eigenvalue weighted by Crippen LogP contribution is 2.38.